The summed E-state index contributed by atoms with van der Waals surface area (Å²) in [7, 11) is -3.69. The smallest absolute Gasteiger partial charge is 0.276 e. The van der Waals surface area contributed by atoms with Gasteiger partial charge < -0.3 is 0 Å². The van der Waals surface area contributed by atoms with Crippen LogP contribution in [0.25, 0.3) is 0 Å². The lowest BCUT2D eigenvalue weighted by atomic mass is 10.2. The molecule has 0 aliphatic carbocycles. The maximum absolute atomic E-state index is 12.5. The normalized spacial score (nSPS) is 17.1. The Morgan fingerprint density at radius 1 is 1.16 bits per heavy atom. The minimum atomic E-state index is -3.69. The second kappa shape index (κ2) is 5.68. The van der Waals surface area contributed by atoms with Crippen LogP contribution in [0.15, 0.2) is 29.2 Å². The standard InChI is InChI=1S/C12H16N2O4S/c15-12(13-16)10-6-2-3-7-11(10)19(17,18)14-8-4-1-5-9-14/h2-3,6-7,16H,1,4-5,8-9H2,(H,13,15). The molecular formula is C12H16N2O4S. The van der Waals surface area contributed by atoms with Crippen LogP contribution in [0.4, 0.5) is 0 Å². The van der Waals surface area contributed by atoms with E-state index in [4.69, 9.17) is 5.21 Å². The summed E-state index contributed by atoms with van der Waals surface area (Å²) in [5, 5.41) is 8.68. The Balaban J connectivity index is 2.42. The number of nitrogens with one attached hydrogen (secondary N) is 1. The van der Waals surface area contributed by atoms with Gasteiger partial charge in [-0.2, -0.15) is 4.31 Å². The Morgan fingerprint density at radius 2 is 1.79 bits per heavy atom. The monoisotopic (exact) mass is 284 g/mol. The van der Waals surface area contributed by atoms with E-state index in [-0.39, 0.29) is 10.5 Å². The maximum atomic E-state index is 12.5. The summed E-state index contributed by atoms with van der Waals surface area (Å²) in [6, 6.07) is 5.88. The van der Waals surface area contributed by atoms with Gasteiger partial charge in [0.1, 0.15) is 0 Å². The van der Waals surface area contributed by atoms with E-state index in [9.17, 15) is 13.2 Å². The summed E-state index contributed by atoms with van der Waals surface area (Å²) in [5.74, 6) is -0.823. The zero-order valence-electron chi connectivity index (χ0n) is 10.4. The minimum absolute atomic E-state index is 0.0458. The summed E-state index contributed by atoms with van der Waals surface area (Å²) in [4.78, 5) is 11.5. The van der Waals surface area contributed by atoms with Crippen molar-refractivity contribution in [1.82, 2.24) is 9.79 Å². The predicted molar refractivity (Wildman–Crippen MR) is 68.3 cm³/mol. The highest BCUT2D eigenvalue weighted by molar-refractivity contribution is 7.89. The molecule has 1 aromatic rings. The number of piperidine rings is 1. The van der Waals surface area contributed by atoms with Gasteiger partial charge in [0, 0.05) is 13.1 Å². The van der Waals surface area contributed by atoms with Gasteiger partial charge in [-0.05, 0) is 25.0 Å². The fourth-order valence-corrected chi connectivity index (χ4v) is 3.89. The van der Waals surface area contributed by atoms with E-state index in [1.807, 2.05) is 0 Å². The molecule has 1 aliphatic heterocycles. The highest BCUT2D eigenvalue weighted by Crippen LogP contribution is 2.23. The minimum Gasteiger partial charge on any atom is -0.288 e. The zero-order valence-corrected chi connectivity index (χ0v) is 11.2. The molecule has 19 heavy (non-hydrogen) atoms. The molecule has 104 valence electrons. The molecule has 7 heteroatoms. The number of hydroxylamine groups is 1. The lowest BCUT2D eigenvalue weighted by molar-refractivity contribution is 0.0702. The molecule has 1 fully saturated rings. The molecule has 1 heterocycles. The van der Waals surface area contributed by atoms with Crippen molar-refractivity contribution in [2.45, 2.75) is 24.2 Å². The summed E-state index contributed by atoms with van der Waals surface area (Å²) in [6.45, 7) is 0.939. The van der Waals surface area contributed by atoms with Crippen molar-refractivity contribution in [2.24, 2.45) is 0 Å². The first-order valence-electron chi connectivity index (χ1n) is 6.11. The largest absolute Gasteiger partial charge is 0.288 e. The van der Waals surface area contributed by atoms with Gasteiger partial charge >= 0.3 is 0 Å². The van der Waals surface area contributed by atoms with Gasteiger partial charge in [-0.3, -0.25) is 10.0 Å². The fourth-order valence-electron chi connectivity index (χ4n) is 2.18. The van der Waals surface area contributed by atoms with E-state index in [2.05, 4.69) is 0 Å². The lowest BCUT2D eigenvalue weighted by Crippen LogP contribution is -2.36. The molecule has 0 spiro atoms. The van der Waals surface area contributed by atoms with Crippen molar-refractivity contribution in [3.63, 3.8) is 0 Å². The van der Waals surface area contributed by atoms with E-state index in [1.54, 1.807) is 12.1 Å². The van der Waals surface area contributed by atoms with E-state index in [0.717, 1.165) is 19.3 Å². The van der Waals surface area contributed by atoms with Crippen LogP contribution in [0, 0.1) is 0 Å². The number of carbonyl (C=O) groups excluding carboxylic acids is 1. The van der Waals surface area contributed by atoms with Crippen LogP contribution in [0.3, 0.4) is 0 Å². The van der Waals surface area contributed by atoms with Gasteiger partial charge in [0.2, 0.25) is 10.0 Å². The van der Waals surface area contributed by atoms with Crippen LogP contribution < -0.4 is 5.48 Å². The third-order valence-corrected chi connectivity index (χ3v) is 5.12. The molecular weight excluding hydrogens is 268 g/mol. The van der Waals surface area contributed by atoms with Crippen LogP contribution in [0.2, 0.25) is 0 Å². The third-order valence-electron chi connectivity index (χ3n) is 3.17. The van der Waals surface area contributed by atoms with Crippen molar-refractivity contribution in [1.29, 1.82) is 0 Å². The van der Waals surface area contributed by atoms with Crippen molar-refractivity contribution >= 4 is 15.9 Å². The molecule has 6 nitrogen and oxygen atoms in total. The number of sulfonamides is 1. The average molecular weight is 284 g/mol. The second-order valence-electron chi connectivity index (χ2n) is 4.40. The third kappa shape index (κ3) is 2.78. The molecule has 0 bridgehead atoms. The SMILES string of the molecule is O=C(NO)c1ccccc1S(=O)(=O)N1CCCCC1. The molecule has 0 radical (unpaired) electrons. The molecule has 2 rings (SSSR count). The van der Waals surface area contributed by atoms with Gasteiger partial charge in [0.25, 0.3) is 5.91 Å². The van der Waals surface area contributed by atoms with E-state index >= 15 is 0 Å². The van der Waals surface area contributed by atoms with Gasteiger partial charge in [-0.1, -0.05) is 18.6 Å². The lowest BCUT2D eigenvalue weighted by Gasteiger charge is -2.26. The topological polar surface area (TPSA) is 86.7 Å². The number of nitrogens with zero attached hydrogens (tertiary/aromatic N) is 1. The molecule has 1 amide bonds. The van der Waals surface area contributed by atoms with Gasteiger partial charge in [-0.15, -0.1) is 0 Å². The number of carbonyl (C=O) groups is 1. The number of amides is 1. The first-order chi connectivity index (χ1) is 9.07. The van der Waals surface area contributed by atoms with Crippen molar-refractivity contribution in [3.8, 4) is 0 Å². The Morgan fingerprint density at radius 3 is 2.42 bits per heavy atom. The fraction of sp³-hybridized carbons (Fsp3) is 0.417. The Hall–Kier alpha value is -1.44. The van der Waals surface area contributed by atoms with E-state index in [0.29, 0.717) is 13.1 Å². The summed E-state index contributed by atoms with van der Waals surface area (Å²) in [6.07, 6.45) is 2.67. The van der Waals surface area contributed by atoms with Crippen LogP contribution >= 0.6 is 0 Å². The molecule has 1 saturated heterocycles. The highest BCUT2D eigenvalue weighted by atomic mass is 32.2. The predicted octanol–water partition coefficient (Wildman–Crippen LogP) is 0.980. The highest BCUT2D eigenvalue weighted by Gasteiger charge is 2.29. The number of benzene rings is 1. The van der Waals surface area contributed by atoms with Gasteiger partial charge in [-0.25, -0.2) is 13.9 Å². The second-order valence-corrected chi connectivity index (χ2v) is 6.31. The van der Waals surface area contributed by atoms with E-state index < -0.39 is 15.9 Å². The van der Waals surface area contributed by atoms with Crippen molar-refractivity contribution in [2.75, 3.05) is 13.1 Å². The molecule has 1 aromatic carbocycles. The number of hydrogen-bond acceptors (Lipinski definition) is 4. The van der Waals surface area contributed by atoms with Crippen molar-refractivity contribution < 1.29 is 18.4 Å². The molecule has 0 unspecified atom stereocenters. The van der Waals surface area contributed by atoms with Crippen LogP contribution in [-0.2, 0) is 10.0 Å². The zero-order chi connectivity index (χ0) is 13.9. The quantitative estimate of drug-likeness (QED) is 0.640. The van der Waals surface area contributed by atoms with Gasteiger partial charge in [0.05, 0.1) is 10.5 Å². The molecule has 1 aliphatic rings. The maximum Gasteiger partial charge on any atom is 0.276 e. The summed E-state index contributed by atoms with van der Waals surface area (Å²) in [5.41, 5.74) is 1.43. The summed E-state index contributed by atoms with van der Waals surface area (Å²) < 4.78 is 26.4. The van der Waals surface area contributed by atoms with Gasteiger partial charge in [0.15, 0.2) is 0 Å². The first-order valence-corrected chi connectivity index (χ1v) is 7.55. The number of rotatable bonds is 3. The van der Waals surface area contributed by atoms with Crippen LogP contribution in [-0.4, -0.2) is 36.9 Å². The molecule has 2 N–H and O–H groups in total. The number of hydrogen-bond donors (Lipinski definition) is 2. The molecule has 0 atom stereocenters. The molecule has 0 aromatic heterocycles. The van der Waals surface area contributed by atoms with Crippen molar-refractivity contribution in [3.05, 3.63) is 29.8 Å². The Bertz CT molecular complexity index is 565. The van der Waals surface area contributed by atoms with Crippen LogP contribution in [0.1, 0.15) is 29.6 Å². The van der Waals surface area contributed by atoms with Crippen LogP contribution in [0.5, 0.6) is 0 Å². The Labute approximate surface area is 112 Å². The summed E-state index contributed by atoms with van der Waals surface area (Å²) >= 11 is 0. The average Bonchev–Trinajstić information content (AvgIpc) is 2.47. The first kappa shape index (κ1) is 14.0. The molecule has 0 saturated carbocycles. The van der Waals surface area contributed by atoms with E-state index in [1.165, 1.54) is 21.9 Å². The Kier molecular flexibility index (Phi) is 4.18.